The van der Waals surface area contributed by atoms with Crippen LogP contribution < -0.4 is 10.1 Å². The van der Waals surface area contributed by atoms with Crippen LogP contribution in [0.3, 0.4) is 0 Å². The molecule has 1 aliphatic rings. The Morgan fingerprint density at radius 1 is 1.55 bits per heavy atom. The second-order valence-electron chi connectivity index (χ2n) is 4.52. The van der Waals surface area contributed by atoms with Gasteiger partial charge in [-0.2, -0.15) is 0 Å². The summed E-state index contributed by atoms with van der Waals surface area (Å²) < 4.78 is 10.4. The van der Waals surface area contributed by atoms with Gasteiger partial charge >= 0.3 is 0 Å². The van der Waals surface area contributed by atoms with Gasteiger partial charge in [-0.1, -0.05) is 20.4 Å². The maximum atomic E-state index is 12.1. The van der Waals surface area contributed by atoms with Crippen molar-refractivity contribution in [3.05, 3.63) is 38.3 Å². The van der Waals surface area contributed by atoms with Gasteiger partial charge in [0.25, 0.3) is 5.91 Å². The molecule has 2 heterocycles. The second kappa shape index (κ2) is 5.49. The molecule has 1 amide bonds. The Morgan fingerprint density at radius 3 is 3.15 bits per heavy atom. The van der Waals surface area contributed by atoms with Crippen LogP contribution in [0.25, 0.3) is 0 Å². The number of ether oxygens (including phenoxy) is 1. The van der Waals surface area contributed by atoms with Gasteiger partial charge in [-0.05, 0) is 36.2 Å². The van der Waals surface area contributed by atoms with Crippen molar-refractivity contribution < 1.29 is 9.53 Å². The molecule has 0 fully saturated rings. The molecule has 0 radical (unpaired) electrons. The number of aromatic nitrogens is 2. The topological polar surface area (TPSA) is 64.1 Å². The zero-order valence-electron chi connectivity index (χ0n) is 10.8. The van der Waals surface area contributed by atoms with Crippen molar-refractivity contribution in [3.8, 4) is 5.75 Å². The van der Waals surface area contributed by atoms with Crippen LogP contribution in [-0.2, 0) is 13.0 Å². The van der Waals surface area contributed by atoms with Crippen molar-refractivity contribution in [2.75, 3.05) is 6.61 Å². The van der Waals surface area contributed by atoms with E-state index in [-0.39, 0.29) is 5.91 Å². The van der Waals surface area contributed by atoms with Gasteiger partial charge in [0, 0.05) is 23.0 Å². The fourth-order valence-electron chi connectivity index (χ4n) is 2.17. The monoisotopic (exact) mass is 353 g/mol. The minimum absolute atomic E-state index is 0.149. The summed E-state index contributed by atoms with van der Waals surface area (Å²) in [5.41, 5.74) is 2.82. The maximum Gasteiger partial charge on any atom is 0.265 e. The number of amides is 1. The Kier molecular flexibility index (Phi) is 3.71. The summed E-state index contributed by atoms with van der Waals surface area (Å²) in [6, 6.07) is 4.03. The molecule has 1 aliphatic heterocycles. The van der Waals surface area contributed by atoms with Crippen molar-refractivity contribution in [3.63, 3.8) is 0 Å². The molecule has 0 saturated heterocycles. The van der Waals surface area contributed by atoms with E-state index in [0.717, 1.165) is 33.7 Å². The molecule has 0 unspecified atom stereocenters. The van der Waals surface area contributed by atoms with E-state index in [4.69, 9.17) is 4.74 Å². The predicted octanol–water partition coefficient (Wildman–Crippen LogP) is 2.47. The van der Waals surface area contributed by atoms with Gasteiger partial charge in [0.15, 0.2) is 0 Å². The molecule has 104 valence electrons. The summed E-state index contributed by atoms with van der Waals surface area (Å²) in [4.78, 5) is 12.6. The molecule has 1 aromatic heterocycles. The van der Waals surface area contributed by atoms with E-state index in [9.17, 15) is 4.79 Å². The molecule has 1 N–H and O–H groups in total. The number of hydrogen-bond acceptors (Lipinski definition) is 5. The zero-order valence-corrected chi connectivity index (χ0v) is 13.2. The fraction of sp³-hybridized carbons (Fsp3) is 0.308. The van der Waals surface area contributed by atoms with Crippen LogP contribution in [0.1, 0.15) is 26.5 Å². The van der Waals surface area contributed by atoms with Crippen molar-refractivity contribution >= 4 is 33.4 Å². The standard InChI is InChI=1S/C13H12BrN3O2S/c1-7-12(20-17-16-7)13(18)15-6-9-5-10(14)4-8-2-3-19-11(8)9/h4-5H,2-3,6H2,1H3,(H,15,18). The van der Waals surface area contributed by atoms with E-state index in [1.54, 1.807) is 6.92 Å². The van der Waals surface area contributed by atoms with Gasteiger partial charge in [0.2, 0.25) is 0 Å². The molecular weight excluding hydrogens is 342 g/mol. The number of halogens is 1. The molecule has 0 atom stereocenters. The van der Waals surface area contributed by atoms with E-state index in [2.05, 4.69) is 36.9 Å². The molecule has 0 aliphatic carbocycles. The Bertz CT molecular complexity index is 672. The highest BCUT2D eigenvalue weighted by molar-refractivity contribution is 9.10. The Balaban J connectivity index is 1.76. The molecule has 3 rings (SSSR count). The molecule has 20 heavy (non-hydrogen) atoms. The number of rotatable bonds is 3. The highest BCUT2D eigenvalue weighted by Gasteiger charge is 2.19. The normalized spacial score (nSPS) is 12.9. The lowest BCUT2D eigenvalue weighted by Gasteiger charge is -2.10. The summed E-state index contributed by atoms with van der Waals surface area (Å²) in [5, 5.41) is 6.73. The predicted molar refractivity (Wildman–Crippen MR) is 79.2 cm³/mol. The van der Waals surface area contributed by atoms with Gasteiger partial charge in [-0.3, -0.25) is 4.79 Å². The van der Waals surface area contributed by atoms with E-state index >= 15 is 0 Å². The number of carbonyl (C=O) groups is 1. The first-order valence-corrected chi connectivity index (χ1v) is 7.73. The van der Waals surface area contributed by atoms with Gasteiger partial charge < -0.3 is 10.1 Å². The first-order valence-electron chi connectivity index (χ1n) is 6.16. The maximum absolute atomic E-state index is 12.1. The third-order valence-corrected chi connectivity index (χ3v) is 4.41. The summed E-state index contributed by atoms with van der Waals surface area (Å²) in [7, 11) is 0. The lowest BCUT2D eigenvalue weighted by Crippen LogP contribution is -2.22. The van der Waals surface area contributed by atoms with Crippen molar-refractivity contribution in [2.24, 2.45) is 0 Å². The van der Waals surface area contributed by atoms with Gasteiger partial charge in [-0.25, -0.2) is 0 Å². The molecule has 2 aromatic rings. The molecule has 0 saturated carbocycles. The fourth-order valence-corrected chi connectivity index (χ4v) is 3.30. The minimum atomic E-state index is -0.149. The number of hydrogen-bond donors (Lipinski definition) is 1. The molecule has 0 spiro atoms. The van der Waals surface area contributed by atoms with E-state index in [0.29, 0.717) is 23.7 Å². The average Bonchev–Trinajstić information content (AvgIpc) is 3.03. The number of fused-ring (bicyclic) bond motifs is 1. The van der Waals surface area contributed by atoms with E-state index < -0.39 is 0 Å². The van der Waals surface area contributed by atoms with E-state index in [1.165, 1.54) is 5.56 Å². The van der Waals surface area contributed by atoms with Crippen LogP contribution in [-0.4, -0.2) is 22.1 Å². The first kappa shape index (κ1) is 13.5. The van der Waals surface area contributed by atoms with Gasteiger partial charge in [-0.15, -0.1) is 5.10 Å². The Labute approximate surface area is 128 Å². The van der Waals surface area contributed by atoms with Crippen LogP contribution in [0.5, 0.6) is 5.75 Å². The number of nitrogens with zero attached hydrogens (tertiary/aromatic N) is 2. The summed E-state index contributed by atoms with van der Waals surface area (Å²) in [5.74, 6) is 0.747. The average molecular weight is 354 g/mol. The first-order chi connectivity index (χ1) is 9.65. The SMILES string of the molecule is Cc1nnsc1C(=O)NCc1cc(Br)cc2c1OCC2. The van der Waals surface area contributed by atoms with Crippen molar-refractivity contribution in [2.45, 2.75) is 19.9 Å². The molecule has 5 nitrogen and oxygen atoms in total. The largest absolute Gasteiger partial charge is 0.493 e. The number of nitrogens with one attached hydrogen (secondary N) is 1. The molecule has 0 bridgehead atoms. The Hall–Kier alpha value is -1.47. The van der Waals surface area contributed by atoms with E-state index in [1.807, 2.05) is 6.07 Å². The number of aryl methyl sites for hydroxylation is 1. The van der Waals surface area contributed by atoms with Crippen LogP contribution in [0.4, 0.5) is 0 Å². The quantitative estimate of drug-likeness (QED) is 0.920. The van der Waals surface area contributed by atoms with Crippen LogP contribution >= 0.6 is 27.5 Å². The number of carbonyl (C=O) groups excluding carboxylic acids is 1. The summed E-state index contributed by atoms with van der Waals surface area (Å²) in [6.07, 6.45) is 0.910. The highest BCUT2D eigenvalue weighted by atomic mass is 79.9. The lowest BCUT2D eigenvalue weighted by atomic mass is 10.1. The zero-order chi connectivity index (χ0) is 14.1. The van der Waals surface area contributed by atoms with Crippen LogP contribution in [0.15, 0.2) is 16.6 Å². The third-order valence-electron chi connectivity index (χ3n) is 3.12. The third kappa shape index (κ3) is 2.55. The lowest BCUT2D eigenvalue weighted by molar-refractivity contribution is 0.0954. The smallest absolute Gasteiger partial charge is 0.265 e. The van der Waals surface area contributed by atoms with Crippen molar-refractivity contribution in [1.82, 2.24) is 14.9 Å². The molecular formula is C13H12BrN3O2S. The number of benzene rings is 1. The van der Waals surface area contributed by atoms with Crippen LogP contribution in [0.2, 0.25) is 0 Å². The van der Waals surface area contributed by atoms with Gasteiger partial charge in [0.1, 0.15) is 10.6 Å². The van der Waals surface area contributed by atoms with Gasteiger partial charge in [0.05, 0.1) is 12.3 Å². The minimum Gasteiger partial charge on any atom is -0.493 e. The molecule has 7 heteroatoms. The second-order valence-corrected chi connectivity index (χ2v) is 6.19. The molecule has 1 aromatic carbocycles. The summed E-state index contributed by atoms with van der Waals surface area (Å²) >= 11 is 4.59. The Morgan fingerprint density at radius 2 is 2.40 bits per heavy atom. The van der Waals surface area contributed by atoms with Crippen LogP contribution in [0, 0.1) is 6.92 Å². The summed E-state index contributed by atoms with van der Waals surface area (Å²) in [6.45, 7) is 2.90. The van der Waals surface area contributed by atoms with Crippen molar-refractivity contribution in [1.29, 1.82) is 0 Å². The highest BCUT2D eigenvalue weighted by Crippen LogP contribution is 2.32.